The van der Waals surface area contributed by atoms with Crippen LogP contribution in [0.2, 0.25) is 0 Å². The van der Waals surface area contributed by atoms with Gasteiger partial charge in [0.15, 0.2) is 0 Å². The molecule has 4 rings (SSSR count). The normalized spacial score (nSPS) is 12.0. The number of esters is 1. The molecule has 1 heterocycles. The number of benzene rings is 2. The third-order valence-electron chi connectivity index (χ3n) is 6.82. The van der Waals surface area contributed by atoms with Crippen LogP contribution in [0.15, 0.2) is 66.9 Å². The molecule has 0 atom stereocenters. The lowest BCUT2D eigenvalue weighted by atomic mass is 9.98. The van der Waals surface area contributed by atoms with E-state index >= 15 is 0 Å². The van der Waals surface area contributed by atoms with Gasteiger partial charge in [0, 0.05) is 29.6 Å². The Balaban J connectivity index is 1.31. The van der Waals surface area contributed by atoms with Crippen molar-refractivity contribution < 1.29 is 33.4 Å². The number of pyridine rings is 1. The number of nitrogens with one attached hydrogen (secondary N) is 2. The monoisotopic (exact) mass is 728 g/mol. The van der Waals surface area contributed by atoms with E-state index in [0.29, 0.717) is 9.99 Å². The Morgan fingerprint density at radius 3 is 2.18 bits per heavy atom. The van der Waals surface area contributed by atoms with E-state index in [2.05, 4.69) is 50.3 Å². The molecular weight excluding hydrogens is 691 g/mol. The van der Waals surface area contributed by atoms with Gasteiger partial charge in [0.2, 0.25) is 5.91 Å². The Morgan fingerprint density at radius 1 is 0.911 bits per heavy atom. The molecule has 0 radical (unpaired) electrons. The number of ether oxygens (including phenoxy) is 3. The Hall–Kier alpha value is -4.20. The molecule has 1 aliphatic carbocycles. The van der Waals surface area contributed by atoms with Crippen molar-refractivity contribution in [3.63, 3.8) is 0 Å². The van der Waals surface area contributed by atoms with Gasteiger partial charge < -0.3 is 24.4 Å². The summed E-state index contributed by atoms with van der Waals surface area (Å²) in [6.07, 6.45) is 0.157. The molecule has 1 aromatic heterocycles. The number of hydrogen-bond acceptors (Lipinski definition) is 8. The largest absolute Gasteiger partial charge is 0.464 e. The first-order chi connectivity index (χ1) is 21.5. The number of halogens is 1. The van der Waals surface area contributed by atoms with E-state index in [9.17, 15) is 19.2 Å². The zero-order chi connectivity index (χ0) is 32.4. The average Bonchev–Trinajstić information content (AvgIpc) is 3.32. The molecule has 238 valence electrons. The fourth-order valence-corrected chi connectivity index (χ4v) is 5.11. The highest BCUT2D eigenvalue weighted by Crippen LogP contribution is 2.44. The highest BCUT2D eigenvalue weighted by molar-refractivity contribution is 14.1. The number of alkyl halides is 1. The van der Waals surface area contributed by atoms with Crippen LogP contribution in [0.3, 0.4) is 0 Å². The Bertz CT molecular complexity index is 1460. The number of anilines is 1. The molecule has 0 aliphatic heterocycles. The lowest BCUT2D eigenvalue weighted by Crippen LogP contribution is -2.42. The summed E-state index contributed by atoms with van der Waals surface area (Å²) >= 11 is 2.09. The van der Waals surface area contributed by atoms with Gasteiger partial charge in [-0.3, -0.25) is 14.9 Å². The Morgan fingerprint density at radius 2 is 1.58 bits per heavy atom. The van der Waals surface area contributed by atoms with Crippen molar-refractivity contribution >= 4 is 52.5 Å². The molecule has 12 heteroatoms. The standard InChI is InChI=1S/C33H37IN4O7/c1-33(2,3)45-32(42)37-28-13-12-22(19-36-28)18-29(39)38(20-30(40)43-17-14-34)16-15-35-31(41)44-21-27-25-10-6-4-8-23(25)24-9-5-7-11-26(24)27/h4-13,19,27H,14-18,20-21H2,1-3H3,(H,35,41)(H,36,37,42). The second-order valence-electron chi connectivity index (χ2n) is 11.3. The number of amides is 3. The topological polar surface area (TPSA) is 136 Å². The molecule has 0 saturated carbocycles. The summed E-state index contributed by atoms with van der Waals surface area (Å²) in [5.41, 5.74) is 4.40. The molecule has 1 aliphatic rings. The first-order valence-corrected chi connectivity index (χ1v) is 16.1. The fraction of sp³-hybridized carbons (Fsp3) is 0.364. The van der Waals surface area contributed by atoms with Crippen LogP contribution in [0, 0.1) is 0 Å². The quantitative estimate of drug-likeness (QED) is 0.111. The Labute approximate surface area is 276 Å². The van der Waals surface area contributed by atoms with Crippen molar-refractivity contribution in [2.75, 3.05) is 42.6 Å². The number of alkyl carbamates (subject to hydrolysis) is 1. The Kier molecular flexibility index (Phi) is 11.7. The smallest absolute Gasteiger partial charge is 0.413 e. The predicted molar refractivity (Wildman–Crippen MR) is 177 cm³/mol. The highest BCUT2D eigenvalue weighted by Gasteiger charge is 2.29. The van der Waals surface area contributed by atoms with E-state index in [1.807, 2.05) is 36.4 Å². The second-order valence-corrected chi connectivity index (χ2v) is 12.4. The number of hydrogen-bond donors (Lipinski definition) is 2. The van der Waals surface area contributed by atoms with Crippen LogP contribution >= 0.6 is 22.6 Å². The van der Waals surface area contributed by atoms with Crippen LogP contribution < -0.4 is 10.6 Å². The van der Waals surface area contributed by atoms with Crippen LogP contribution in [0.4, 0.5) is 15.4 Å². The van der Waals surface area contributed by atoms with Gasteiger partial charge in [-0.05, 0) is 54.7 Å². The third-order valence-corrected chi connectivity index (χ3v) is 7.26. The zero-order valence-electron chi connectivity index (χ0n) is 25.5. The minimum atomic E-state index is -0.655. The number of carbonyl (C=O) groups excluding carboxylic acids is 4. The zero-order valence-corrected chi connectivity index (χ0v) is 27.7. The maximum atomic E-state index is 13.2. The van der Waals surface area contributed by atoms with Crippen LogP contribution in [0.5, 0.6) is 0 Å². The van der Waals surface area contributed by atoms with Crippen LogP contribution in [0.1, 0.15) is 43.4 Å². The molecule has 0 spiro atoms. The minimum absolute atomic E-state index is 0.0514. The maximum absolute atomic E-state index is 13.2. The summed E-state index contributed by atoms with van der Waals surface area (Å²) in [5, 5.41) is 5.23. The molecule has 3 aromatic rings. The predicted octanol–water partition coefficient (Wildman–Crippen LogP) is 5.32. The number of nitrogens with zero attached hydrogens (tertiary/aromatic N) is 2. The SMILES string of the molecule is CC(C)(C)OC(=O)Nc1ccc(CC(=O)N(CCNC(=O)OCC2c3ccccc3-c3ccccc32)CC(=O)OCCI)cn1. The van der Waals surface area contributed by atoms with Crippen molar-refractivity contribution in [1.29, 1.82) is 0 Å². The number of rotatable bonds is 12. The number of aromatic nitrogens is 1. The number of carbonyl (C=O) groups is 4. The van der Waals surface area contributed by atoms with Crippen molar-refractivity contribution in [3.05, 3.63) is 83.6 Å². The van der Waals surface area contributed by atoms with E-state index in [4.69, 9.17) is 14.2 Å². The first kappa shape index (κ1) is 33.7. The summed E-state index contributed by atoms with van der Waals surface area (Å²) in [5.74, 6) is -0.707. The summed E-state index contributed by atoms with van der Waals surface area (Å²) in [6.45, 7) is 5.52. The van der Waals surface area contributed by atoms with Crippen LogP contribution in [-0.2, 0) is 30.2 Å². The lowest BCUT2D eigenvalue weighted by molar-refractivity contribution is -0.148. The van der Waals surface area contributed by atoms with E-state index < -0.39 is 23.8 Å². The molecule has 2 aromatic carbocycles. The molecule has 0 saturated heterocycles. The van der Waals surface area contributed by atoms with Gasteiger partial charge in [0.05, 0.1) is 6.42 Å². The van der Waals surface area contributed by atoms with Gasteiger partial charge in [-0.25, -0.2) is 14.6 Å². The van der Waals surface area contributed by atoms with Crippen LogP contribution in [-0.4, -0.2) is 76.8 Å². The van der Waals surface area contributed by atoms with Gasteiger partial charge in [-0.1, -0.05) is 77.2 Å². The fourth-order valence-electron chi connectivity index (χ4n) is 4.89. The van der Waals surface area contributed by atoms with Crippen LogP contribution in [0.25, 0.3) is 11.1 Å². The molecular formula is C33H37IN4O7. The molecule has 3 amide bonds. The molecule has 2 N–H and O–H groups in total. The summed E-state index contributed by atoms with van der Waals surface area (Å²) in [7, 11) is 0. The third kappa shape index (κ3) is 9.90. The summed E-state index contributed by atoms with van der Waals surface area (Å²) in [4.78, 5) is 55.7. The summed E-state index contributed by atoms with van der Waals surface area (Å²) < 4.78 is 16.6. The second kappa shape index (κ2) is 15.7. The molecule has 45 heavy (non-hydrogen) atoms. The van der Waals surface area contributed by atoms with Gasteiger partial charge in [-0.15, -0.1) is 0 Å². The summed E-state index contributed by atoms with van der Waals surface area (Å²) in [6, 6.07) is 19.4. The van der Waals surface area contributed by atoms with Gasteiger partial charge in [-0.2, -0.15) is 0 Å². The van der Waals surface area contributed by atoms with Crippen molar-refractivity contribution in [3.8, 4) is 11.1 Å². The highest BCUT2D eigenvalue weighted by atomic mass is 127. The van der Waals surface area contributed by atoms with Gasteiger partial charge >= 0.3 is 18.2 Å². The van der Waals surface area contributed by atoms with Crippen molar-refractivity contribution in [1.82, 2.24) is 15.2 Å². The minimum Gasteiger partial charge on any atom is -0.464 e. The molecule has 0 bridgehead atoms. The van der Waals surface area contributed by atoms with Gasteiger partial charge in [0.25, 0.3) is 0 Å². The lowest BCUT2D eigenvalue weighted by Gasteiger charge is -2.22. The van der Waals surface area contributed by atoms with E-state index in [1.54, 1.807) is 32.9 Å². The van der Waals surface area contributed by atoms with E-state index in [-0.39, 0.29) is 56.9 Å². The average molecular weight is 729 g/mol. The molecule has 0 unspecified atom stereocenters. The maximum Gasteiger partial charge on any atom is 0.413 e. The molecule has 11 nitrogen and oxygen atoms in total. The first-order valence-electron chi connectivity index (χ1n) is 14.6. The van der Waals surface area contributed by atoms with Crippen molar-refractivity contribution in [2.45, 2.75) is 38.7 Å². The molecule has 0 fully saturated rings. The van der Waals surface area contributed by atoms with Gasteiger partial charge in [0.1, 0.15) is 31.2 Å². The van der Waals surface area contributed by atoms with E-state index in [0.717, 1.165) is 22.3 Å². The number of fused-ring (bicyclic) bond motifs is 3. The van der Waals surface area contributed by atoms with Crippen molar-refractivity contribution in [2.24, 2.45) is 0 Å². The van der Waals surface area contributed by atoms with E-state index in [1.165, 1.54) is 11.1 Å².